The van der Waals surface area contributed by atoms with E-state index in [1.165, 1.54) is 16.7 Å². The van der Waals surface area contributed by atoms with E-state index in [1.54, 1.807) is 0 Å². The normalized spacial score (nSPS) is 12.9. The van der Waals surface area contributed by atoms with Crippen molar-refractivity contribution in [1.29, 1.82) is 0 Å². The predicted molar refractivity (Wildman–Crippen MR) is 128 cm³/mol. The first kappa shape index (κ1) is 22.6. The van der Waals surface area contributed by atoms with Crippen LogP contribution < -0.4 is 5.73 Å². The van der Waals surface area contributed by atoms with Crippen molar-refractivity contribution >= 4 is 32.8 Å². The number of aryl methyl sites for hydroxylation is 2. The van der Waals surface area contributed by atoms with E-state index >= 15 is 0 Å². The minimum absolute atomic E-state index is 0.155. The molecule has 0 fully saturated rings. The average molecular weight is 471 g/mol. The number of aromatic amines is 1. The molecule has 1 aromatic heterocycles. The number of halogens is 1. The zero-order chi connectivity index (χ0) is 22.2. The van der Waals surface area contributed by atoms with Crippen LogP contribution in [0.15, 0.2) is 34.8 Å². The number of hydrogen-bond donors (Lipinski definition) is 2. The molecule has 0 amide bonds. The maximum Gasteiger partial charge on any atom is 0.315 e. The SMILES string of the molecule is CCOC(=O)C(C)(C)c1cc(Br)c2[nH]c(-c3cc(C)cc(C)c3)c(C(C)CN)c2c1. The largest absolute Gasteiger partial charge is 0.465 e. The third-order valence-corrected chi connectivity index (χ3v) is 6.39. The quantitative estimate of drug-likeness (QED) is 0.426. The Balaban J connectivity index is 2.31. The van der Waals surface area contributed by atoms with E-state index in [2.05, 4.69) is 66.0 Å². The first-order chi connectivity index (χ1) is 14.1. The first-order valence-corrected chi connectivity index (χ1v) is 11.2. The molecule has 0 saturated carbocycles. The number of nitrogens with two attached hydrogens (primary N) is 1. The molecule has 0 aliphatic heterocycles. The Morgan fingerprint density at radius 3 is 2.37 bits per heavy atom. The van der Waals surface area contributed by atoms with Crippen LogP contribution in [0.3, 0.4) is 0 Å². The zero-order valence-electron chi connectivity index (χ0n) is 18.7. The van der Waals surface area contributed by atoms with Crippen LogP contribution in [0.2, 0.25) is 0 Å². The van der Waals surface area contributed by atoms with Gasteiger partial charge >= 0.3 is 5.97 Å². The molecule has 5 heteroatoms. The highest BCUT2D eigenvalue weighted by Crippen LogP contribution is 2.41. The van der Waals surface area contributed by atoms with E-state index in [-0.39, 0.29) is 11.9 Å². The number of hydrogen-bond acceptors (Lipinski definition) is 3. The monoisotopic (exact) mass is 470 g/mol. The fourth-order valence-corrected chi connectivity index (χ4v) is 4.60. The molecule has 4 nitrogen and oxygen atoms in total. The Labute approximate surface area is 187 Å². The average Bonchev–Trinajstić information content (AvgIpc) is 3.07. The number of rotatable bonds is 6. The predicted octanol–water partition coefficient (Wildman–Crippen LogP) is 6.12. The van der Waals surface area contributed by atoms with Gasteiger partial charge in [-0.1, -0.05) is 24.1 Å². The zero-order valence-corrected chi connectivity index (χ0v) is 20.2. The van der Waals surface area contributed by atoms with Crippen LogP contribution in [0.25, 0.3) is 22.2 Å². The summed E-state index contributed by atoms with van der Waals surface area (Å²) in [6.07, 6.45) is 0. The van der Waals surface area contributed by atoms with Crippen molar-refractivity contribution in [2.75, 3.05) is 13.2 Å². The third-order valence-electron chi connectivity index (χ3n) is 5.76. The first-order valence-electron chi connectivity index (χ1n) is 10.4. The molecule has 1 heterocycles. The fourth-order valence-electron chi connectivity index (χ4n) is 4.04. The number of benzene rings is 2. The summed E-state index contributed by atoms with van der Waals surface area (Å²) in [5, 5.41) is 1.09. The van der Waals surface area contributed by atoms with Gasteiger partial charge in [-0.05, 0) is 104 Å². The molecule has 1 atom stereocenters. The highest BCUT2D eigenvalue weighted by molar-refractivity contribution is 9.10. The van der Waals surface area contributed by atoms with Crippen LogP contribution in [0.4, 0.5) is 0 Å². The summed E-state index contributed by atoms with van der Waals surface area (Å²) in [4.78, 5) is 16.3. The third kappa shape index (κ3) is 4.06. The molecular formula is C25H31BrN2O2. The van der Waals surface area contributed by atoms with Gasteiger partial charge in [0.05, 0.1) is 23.2 Å². The number of fused-ring (bicyclic) bond motifs is 1. The van der Waals surface area contributed by atoms with E-state index in [4.69, 9.17) is 10.5 Å². The van der Waals surface area contributed by atoms with Crippen molar-refractivity contribution in [3.8, 4) is 11.3 Å². The number of esters is 1. The van der Waals surface area contributed by atoms with Crippen LogP contribution in [0.5, 0.6) is 0 Å². The summed E-state index contributed by atoms with van der Waals surface area (Å²) in [7, 11) is 0. The Morgan fingerprint density at radius 2 is 1.80 bits per heavy atom. The molecular weight excluding hydrogens is 440 g/mol. The molecule has 0 bridgehead atoms. The van der Waals surface area contributed by atoms with Gasteiger partial charge < -0.3 is 15.5 Å². The summed E-state index contributed by atoms with van der Waals surface area (Å²) in [6, 6.07) is 10.7. The van der Waals surface area contributed by atoms with Crippen LogP contribution in [0, 0.1) is 13.8 Å². The van der Waals surface area contributed by atoms with Crippen molar-refractivity contribution in [3.05, 3.63) is 57.1 Å². The number of ether oxygens (including phenoxy) is 1. The summed E-state index contributed by atoms with van der Waals surface area (Å²) >= 11 is 3.73. The summed E-state index contributed by atoms with van der Waals surface area (Å²) in [6.45, 7) is 12.9. The van der Waals surface area contributed by atoms with Gasteiger partial charge in [0.25, 0.3) is 0 Å². The molecule has 3 aromatic rings. The van der Waals surface area contributed by atoms with Crippen molar-refractivity contribution < 1.29 is 9.53 Å². The summed E-state index contributed by atoms with van der Waals surface area (Å²) in [5.74, 6) is -0.0721. The van der Waals surface area contributed by atoms with E-state index in [0.717, 1.165) is 32.2 Å². The second-order valence-corrected chi connectivity index (χ2v) is 9.51. The van der Waals surface area contributed by atoms with Crippen LogP contribution in [0.1, 0.15) is 55.9 Å². The van der Waals surface area contributed by atoms with Gasteiger partial charge in [0.1, 0.15) is 0 Å². The maximum absolute atomic E-state index is 12.6. The number of carbonyl (C=O) groups is 1. The van der Waals surface area contributed by atoms with Crippen molar-refractivity contribution in [3.63, 3.8) is 0 Å². The topological polar surface area (TPSA) is 68.1 Å². The molecule has 160 valence electrons. The van der Waals surface area contributed by atoms with Crippen LogP contribution >= 0.6 is 15.9 Å². The van der Waals surface area contributed by atoms with E-state index < -0.39 is 5.41 Å². The molecule has 0 radical (unpaired) electrons. The van der Waals surface area contributed by atoms with Gasteiger partial charge in [0, 0.05) is 9.86 Å². The van der Waals surface area contributed by atoms with Gasteiger partial charge in [-0.3, -0.25) is 4.79 Å². The number of H-pyrrole nitrogens is 1. The van der Waals surface area contributed by atoms with Crippen LogP contribution in [-0.4, -0.2) is 24.1 Å². The number of nitrogens with one attached hydrogen (secondary N) is 1. The van der Waals surface area contributed by atoms with Crippen molar-refractivity contribution in [2.24, 2.45) is 5.73 Å². The van der Waals surface area contributed by atoms with Gasteiger partial charge in [-0.25, -0.2) is 0 Å². The Morgan fingerprint density at radius 1 is 1.17 bits per heavy atom. The lowest BCUT2D eigenvalue weighted by Gasteiger charge is -2.23. The Hall–Kier alpha value is -2.11. The van der Waals surface area contributed by atoms with Crippen molar-refractivity contribution in [2.45, 2.75) is 52.9 Å². The Kier molecular flexibility index (Phi) is 6.44. The molecule has 3 rings (SSSR count). The molecule has 1 unspecified atom stereocenters. The highest BCUT2D eigenvalue weighted by atomic mass is 79.9. The molecule has 2 aromatic carbocycles. The maximum atomic E-state index is 12.6. The van der Waals surface area contributed by atoms with E-state index in [1.807, 2.05) is 26.8 Å². The second-order valence-electron chi connectivity index (χ2n) is 8.65. The molecule has 0 aliphatic rings. The summed E-state index contributed by atoms with van der Waals surface area (Å²) in [5.41, 5.74) is 13.1. The highest BCUT2D eigenvalue weighted by Gasteiger charge is 2.33. The lowest BCUT2D eigenvalue weighted by Crippen LogP contribution is -2.31. The van der Waals surface area contributed by atoms with Gasteiger partial charge in [0.2, 0.25) is 0 Å². The molecule has 0 saturated heterocycles. The van der Waals surface area contributed by atoms with E-state index in [0.29, 0.717) is 13.2 Å². The van der Waals surface area contributed by atoms with Crippen molar-refractivity contribution in [1.82, 2.24) is 4.98 Å². The lowest BCUT2D eigenvalue weighted by molar-refractivity contribution is -0.148. The minimum atomic E-state index is -0.757. The van der Waals surface area contributed by atoms with Gasteiger partial charge in [0.15, 0.2) is 0 Å². The standard InChI is InChI=1S/C25H31BrN2O2/c1-7-30-24(29)25(5,6)18-11-19-21(16(4)13-27)22(28-23(19)20(26)12-18)17-9-14(2)8-15(3)10-17/h8-12,16,28H,7,13,27H2,1-6H3. The fraction of sp³-hybridized carbons (Fsp3) is 0.400. The minimum Gasteiger partial charge on any atom is -0.465 e. The lowest BCUT2D eigenvalue weighted by atomic mass is 9.83. The Bertz CT molecular complexity index is 1080. The summed E-state index contributed by atoms with van der Waals surface area (Å²) < 4.78 is 6.26. The number of aromatic nitrogens is 1. The van der Waals surface area contributed by atoms with Crippen LogP contribution in [-0.2, 0) is 14.9 Å². The van der Waals surface area contributed by atoms with Gasteiger partial charge in [-0.15, -0.1) is 0 Å². The smallest absolute Gasteiger partial charge is 0.315 e. The molecule has 3 N–H and O–H groups in total. The van der Waals surface area contributed by atoms with E-state index in [9.17, 15) is 4.79 Å². The van der Waals surface area contributed by atoms with Gasteiger partial charge in [-0.2, -0.15) is 0 Å². The molecule has 30 heavy (non-hydrogen) atoms. The molecule has 0 aliphatic carbocycles. The molecule has 0 spiro atoms. The second kappa shape index (κ2) is 8.56. The number of carbonyl (C=O) groups excluding carboxylic acids is 1.